The van der Waals surface area contributed by atoms with Gasteiger partial charge in [0.1, 0.15) is 6.10 Å². The zero-order valence-electron chi connectivity index (χ0n) is 13.9. The van der Waals surface area contributed by atoms with Crippen LogP contribution in [0.3, 0.4) is 0 Å². The zero-order valence-corrected chi connectivity index (χ0v) is 15.6. The van der Waals surface area contributed by atoms with Gasteiger partial charge in [0.2, 0.25) is 5.95 Å². The van der Waals surface area contributed by atoms with Crippen molar-refractivity contribution in [3.05, 3.63) is 42.5 Å². The molecule has 134 valence electrons. The van der Waals surface area contributed by atoms with Gasteiger partial charge in [-0.05, 0) is 36.8 Å². The molecule has 0 radical (unpaired) electrons. The summed E-state index contributed by atoms with van der Waals surface area (Å²) in [5, 5.41) is 3.08. The number of amides is 1. The van der Waals surface area contributed by atoms with Crippen molar-refractivity contribution in [2.45, 2.75) is 24.0 Å². The van der Waals surface area contributed by atoms with Crippen molar-refractivity contribution >= 4 is 40.7 Å². The fourth-order valence-electron chi connectivity index (χ4n) is 3.18. The average molecular weight is 389 g/mol. The van der Waals surface area contributed by atoms with E-state index >= 15 is 0 Å². The quantitative estimate of drug-likeness (QED) is 0.639. The van der Waals surface area contributed by atoms with E-state index in [0.717, 1.165) is 27.5 Å². The van der Waals surface area contributed by atoms with Crippen LogP contribution in [0.1, 0.15) is 6.92 Å². The molecule has 1 aromatic heterocycles. The Bertz CT molecular complexity index is 875. The van der Waals surface area contributed by atoms with Crippen LogP contribution in [0.15, 0.2) is 41.4 Å². The number of nitrogens with one attached hydrogen (secondary N) is 1. The summed E-state index contributed by atoms with van der Waals surface area (Å²) in [6, 6.07) is 8.84. The third-order valence-corrected chi connectivity index (χ3v) is 5.74. The van der Waals surface area contributed by atoms with Crippen molar-refractivity contribution in [2.75, 3.05) is 17.2 Å². The summed E-state index contributed by atoms with van der Waals surface area (Å²) in [6.45, 7) is 2.32. The van der Waals surface area contributed by atoms with Crippen LogP contribution >= 0.6 is 24.0 Å². The lowest BCUT2D eigenvalue weighted by molar-refractivity contribution is 0.135. The molecule has 0 spiro atoms. The van der Waals surface area contributed by atoms with Gasteiger partial charge in [-0.15, -0.1) is 11.8 Å². The van der Waals surface area contributed by atoms with E-state index in [1.807, 2.05) is 18.2 Å². The molecule has 2 atom stereocenters. The van der Waals surface area contributed by atoms with Gasteiger partial charge in [-0.25, -0.2) is 9.78 Å². The van der Waals surface area contributed by atoms with Gasteiger partial charge in [0.15, 0.2) is 0 Å². The molecule has 1 N–H and O–H groups in total. The highest BCUT2D eigenvalue weighted by Gasteiger charge is 2.45. The van der Waals surface area contributed by atoms with E-state index in [9.17, 15) is 9.18 Å². The number of nitrogens with zero attached hydrogens (tertiary/aromatic N) is 2. The van der Waals surface area contributed by atoms with Crippen LogP contribution in [0.25, 0.3) is 11.1 Å². The molecule has 8 heteroatoms. The number of carbonyl (C=O) groups excluding carboxylic acids is 1. The number of halogens is 1. The number of hydrogen-bond acceptors (Lipinski definition) is 5. The summed E-state index contributed by atoms with van der Waals surface area (Å²) in [7, 11) is 0. The van der Waals surface area contributed by atoms with Crippen molar-refractivity contribution < 1.29 is 13.9 Å². The second kappa shape index (κ2) is 6.85. The lowest BCUT2D eigenvalue weighted by Crippen LogP contribution is -2.45. The third-order valence-electron chi connectivity index (χ3n) is 4.45. The van der Waals surface area contributed by atoms with Crippen molar-refractivity contribution in [1.82, 2.24) is 10.3 Å². The van der Waals surface area contributed by atoms with E-state index in [2.05, 4.69) is 10.3 Å². The first-order chi connectivity index (χ1) is 12.5. The topological polar surface area (TPSA) is 54.5 Å². The summed E-state index contributed by atoms with van der Waals surface area (Å²) >= 11 is 6.73. The van der Waals surface area contributed by atoms with Crippen molar-refractivity contribution in [3.63, 3.8) is 0 Å². The summed E-state index contributed by atoms with van der Waals surface area (Å²) in [6.07, 6.45) is 0.941. The molecular weight excluding hydrogens is 373 g/mol. The van der Waals surface area contributed by atoms with E-state index in [1.54, 1.807) is 29.7 Å². The summed E-state index contributed by atoms with van der Waals surface area (Å²) in [4.78, 5) is 19.5. The van der Waals surface area contributed by atoms with Gasteiger partial charge >= 0.3 is 6.09 Å². The SMILES string of the molecule is CC(=S)NC[C@@H]1OC(=O)N2c3ccc(-c4ccc(F)nc4)cc3SC[C@@H]12. The Balaban J connectivity index is 1.61. The molecule has 2 aromatic rings. The second-order valence-corrected chi connectivity index (χ2v) is 7.83. The van der Waals surface area contributed by atoms with Gasteiger partial charge in [-0.2, -0.15) is 4.39 Å². The summed E-state index contributed by atoms with van der Waals surface area (Å²) < 4.78 is 18.6. The first kappa shape index (κ1) is 17.2. The van der Waals surface area contributed by atoms with Crippen molar-refractivity contribution in [3.8, 4) is 11.1 Å². The van der Waals surface area contributed by atoms with Crippen molar-refractivity contribution in [2.24, 2.45) is 0 Å². The normalized spacial score (nSPS) is 21.0. The highest BCUT2D eigenvalue weighted by Crippen LogP contribution is 2.43. The van der Waals surface area contributed by atoms with Gasteiger partial charge in [0.05, 0.1) is 23.3 Å². The number of pyridine rings is 1. The van der Waals surface area contributed by atoms with Crippen LogP contribution in [0.5, 0.6) is 0 Å². The molecule has 0 aliphatic carbocycles. The molecule has 1 fully saturated rings. The number of fused-ring (bicyclic) bond motifs is 3. The highest BCUT2D eigenvalue weighted by atomic mass is 32.2. The molecule has 26 heavy (non-hydrogen) atoms. The Kier molecular flexibility index (Phi) is 4.54. The summed E-state index contributed by atoms with van der Waals surface area (Å²) in [5.41, 5.74) is 2.61. The first-order valence-electron chi connectivity index (χ1n) is 8.16. The number of thiocarbonyl (C=S) groups is 1. The van der Waals surface area contributed by atoms with Crippen LogP contribution in [-0.2, 0) is 4.74 Å². The monoisotopic (exact) mass is 389 g/mol. The third kappa shape index (κ3) is 3.14. The predicted molar refractivity (Wildman–Crippen MR) is 103 cm³/mol. The molecule has 1 saturated heterocycles. The minimum absolute atomic E-state index is 0.0276. The van der Waals surface area contributed by atoms with Crippen LogP contribution in [0.2, 0.25) is 0 Å². The number of aromatic nitrogens is 1. The molecule has 0 unspecified atom stereocenters. The lowest BCUT2D eigenvalue weighted by atomic mass is 10.1. The molecule has 2 aliphatic rings. The Labute approximate surface area is 159 Å². The molecule has 0 saturated carbocycles. The number of ether oxygens (including phenoxy) is 1. The summed E-state index contributed by atoms with van der Waals surface area (Å²) in [5.74, 6) is 0.238. The van der Waals surface area contributed by atoms with Crippen molar-refractivity contribution in [1.29, 1.82) is 0 Å². The Morgan fingerprint density at radius 2 is 2.23 bits per heavy atom. The molecule has 1 aromatic carbocycles. The minimum atomic E-state index is -0.505. The Morgan fingerprint density at radius 1 is 1.42 bits per heavy atom. The minimum Gasteiger partial charge on any atom is -0.442 e. The highest BCUT2D eigenvalue weighted by molar-refractivity contribution is 7.99. The number of thioether (sulfide) groups is 1. The smallest absolute Gasteiger partial charge is 0.415 e. The number of cyclic esters (lactones) is 1. The van der Waals surface area contributed by atoms with Gasteiger partial charge in [0.25, 0.3) is 0 Å². The van der Waals surface area contributed by atoms with E-state index in [-0.39, 0.29) is 18.2 Å². The predicted octanol–water partition coefficient (Wildman–Crippen LogP) is 3.62. The van der Waals surface area contributed by atoms with Crippen LogP contribution in [0.4, 0.5) is 14.9 Å². The maximum absolute atomic E-state index is 13.0. The van der Waals surface area contributed by atoms with Crippen LogP contribution < -0.4 is 10.2 Å². The van der Waals surface area contributed by atoms with Gasteiger partial charge < -0.3 is 10.1 Å². The number of anilines is 1. The molecule has 3 heterocycles. The Hall–Kier alpha value is -2.19. The molecular formula is C18H16FN3O2S2. The average Bonchev–Trinajstić information content (AvgIpc) is 2.96. The van der Waals surface area contributed by atoms with E-state index in [1.165, 1.54) is 12.3 Å². The maximum atomic E-state index is 13.0. The number of benzene rings is 1. The van der Waals surface area contributed by atoms with Crippen LogP contribution in [0, 0.1) is 5.95 Å². The van der Waals surface area contributed by atoms with Gasteiger partial charge in [-0.3, -0.25) is 4.90 Å². The maximum Gasteiger partial charge on any atom is 0.415 e. The first-order valence-corrected chi connectivity index (χ1v) is 9.55. The number of rotatable bonds is 3. The van der Waals surface area contributed by atoms with E-state index < -0.39 is 5.95 Å². The zero-order chi connectivity index (χ0) is 18.3. The fourth-order valence-corrected chi connectivity index (χ4v) is 4.50. The second-order valence-electron chi connectivity index (χ2n) is 6.16. The number of hydrogen-bond donors (Lipinski definition) is 1. The van der Waals surface area contributed by atoms with Crippen LogP contribution in [-0.4, -0.2) is 40.5 Å². The molecule has 5 nitrogen and oxygen atoms in total. The lowest BCUT2D eigenvalue weighted by Gasteiger charge is -2.31. The Morgan fingerprint density at radius 3 is 2.96 bits per heavy atom. The fraction of sp³-hybridized carbons (Fsp3) is 0.278. The van der Waals surface area contributed by atoms with E-state index in [0.29, 0.717) is 11.5 Å². The molecule has 4 rings (SSSR count). The van der Waals surface area contributed by atoms with Gasteiger partial charge in [0, 0.05) is 22.4 Å². The molecule has 0 bridgehead atoms. The molecule has 1 amide bonds. The number of carbonyl (C=O) groups is 1. The molecule has 2 aliphatic heterocycles. The van der Waals surface area contributed by atoms with Gasteiger partial charge in [-0.1, -0.05) is 18.3 Å². The largest absolute Gasteiger partial charge is 0.442 e. The standard InChI is InChI=1S/C18H16FN3O2S2/c1-10(25)20-8-15-14-9-26-16-6-11(12-3-5-17(19)21-7-12)2-4-13(16)22(14)18(23)24-15/h2-7,14-15H,8-9H2,1H3,(H,20,25)/t14-,15-/m0/s1. The van der Waals surface area contributed by atoms with E-state index in [4.69, 9.17) is 17.0 Å².